The molecule has 0 aliphatic rings. The molecule has 0 aromatic heterocycles. The van der Waals surface area contributed by atoms with E-state index in [1.165, 1.54) is 0 Å². The number of nitriles is 1. The fourth-order valence-electron chi connectivity index (χ4n) is 1.76. The minimum absolute atomic E-state index is 0.131. The van der Waals surface area contributed by atoms with Gasteiger partial charge in [-0.1, -0.05) is 23.7 Å². The Morgan fingerprint density at radius 2 is 1.73 bits per heavy atom. The Labute approximate surface area is 134 Å². The van der Waals surface area contributed by atoms with Gasteiger partial charge in [-0.15, -0.1) is 0 Å². The second-order valence-corrected chi connectivity index (χ2v) is 5.18. The number of aliphatic hydroxyl groups excluding tert-OH is 1. The Bertz CT molecular complexity index is 620. The van der Waals surface area contributed by atoms with Gasteiger partial charge in [0, 0.05) is 5.02 Å². The molecule has 0 fully saturated rings. The van der Waals surface area contributed by atoms with Gasteiger partial charge in [0.25, 0.3) is 0 Å². The van der Waals surface area contributed by atoms with Crippen molar-refractivity contribution in [3.63, 3.8) is 0 Å². The van der Waals surface area contributed by atoms with Crippen molar-refractivity contribution in [3.05, 3.63) is 64.7 Å². The largest absolute Gasteiger partial charge is 0.491 e. The summed E-state index contributed by atoms with van der Waals surface area (Å²) in [6.07, 6.45) is -0.719. The molecule has 0 amide bonds. The van der Waals surface area contributed by atoms with Gasteiger partial charge in [-0.05, 0) is 42.0 Å². The lowest BCUT2D eigenvalue weighted by Gasteiger charge is -2.13. The zero-order valence-corrected chi connectivity index (χ0v) is 12.7. The number of benzene rings is 2. The topological polar surface area (TPSA) is 62.5 Å². The molecule has 0 saturated carbocycles. The molecule has 0 bridgehead atoms. The number of rotatable bonds is 7. The number of aliphatic hydroxyl groups is 1. The summed E-state index contributed by atoms with van der Waals surface area (Å²) in [6, 6.07) is 16.1. The van der Waals surface area contributed by atoms with Crippen LogP contribution < -0.4 is 4.74 Å². The monoisotopic (exact) mass is 317 g/mol. The van der Waals surface area contributed by atoms with Gasteiger partial charge in [0.1, 0.15) is 18.5 Å². The Morgan fingerprint density at radius 3 is 2.36 bits per heavy atom. The van der Waals surface area contributed by atoms with Crippen LogP contribution in [0.5, 0.6) is 5.75 Å². The SMILES string of the molecule is N#Cc1ccc(OCC(O)COCc2ccc(Cl)cc2)cc1. The van der Waals surface area contributed by atoms with Crippen molar-refractivity contribution in [1.29, 1.82) is 5.26 Å². The second-order valence-electron chi connectivity index (χ2n) is 4.74. The first-order valence-electron chi connectivity index (χ1n) is 6.80. The summed E-state index contributed by atoms with van der Waals surface area (Å²) >= 11 is 5.80. The molecule has 0 saturated heterocycles. The summed E-state index contributed by atoms with van der Waals surface area (Å²) in [6.45, 7) is 0.719. The van der Waals surface area contributed by atoms with E-state index in [0.29, 0.717) is 22.9 Å². The molecular weight excluding hydrogens is 302 g/mol. The van der Waals surface area contributed by atoms with Crippen LogP contribution in [-0.2, 0) is 11.3 Å². The third-order valence-corrected chi connectivity index (χ3v) is 3.17. The maximum Gasteiger partial charge on any atom is 0.119 e. The van der Waals surface area contributed by atoms with Crippen molar-refractivity contribution in [2.75, 3.05) is 13.2 Å². The Kier molecular flexibility index (Phi) is 6.23. The van der Waals surface area contributed by atoms with Gasteiger partial charge in [-0.2, -0.15) is 5.26 Å². The third kappa shape index (κ3) is 5.38. The third-order valence-electron chi connectivity index (χ3n) is 2.92. The van der Waals surface area contributed by atoms with E-state index in [2.05, 4.69) is 0 Å². The Hall–Kier alpha value is -2.06. The van der Waals surface area contributed by atoms with E-state index in [9.17, 15) is 5.11 Å². The van der Waals surface area contributed by atoms with Crippen LogP contribution in [0.15, 0.2) is 48.5 Å². The number of halogens is 1. The predicted octanol–water partition coefficient (Wildman–Crippen LogP) is 3.17. The molecule has 2 rings (SSSR count). The molecule has 0 heterocycles. The van der Waals surface area contributed by atoms with E-state index < -0.39 is 6.10 Å². The first-order valence-corrected chi connectivity index (χ1v) is 7.18. The number of ether oxygens (including phenoxy) is 2. The zero-order chi connectivity index (χ0) is 15.8. The molecule has 1 atom stereocenters. The van der Waals surface area contributed by atoms with E-state index in [0.717, 1.165) is 5.56 Å². The second kappa shape index (κ2) is 8.40. The standard InChI is InChI=1S/C17H16ClNO3/c18-15-5-1-14(2-6-15)10-21-11-16(20)12-22-17-7-3-13(9-19)4-8-17/h1-8,16,20H,10-12H2. The van der Waals surface area contributed by atoms with E-state index in [-0.39, 0.29) is 13.2 Å². The lowest BCUT2D eigenvalue weighted by molar-refractivity contribution is 0.00549. The van der Waals surface area contributed by atoms with Crippen LogP contribution >= 0.6 is 11.6 Å². The summed E-state index contributed by atoms with van der Waals surface area (Å²) in [7, 11) is 0. The number of hydrogen-bond acceptors (Lipinski definition) is 4. The number of hydrogen-bond donors (Lipinski definition) is 1. The molecule has 0 spiro atoms. The van der Waals surface area contributed by atoms with Crippen LogP contribution in [0.3, 0.4) is 0 Å². The first-order chi connectivity index (χ1) is 10.7. The summed E-state index contributed by atoms with van der Waals surface area (Å²) < 4.78 is 10.9. The van der Waals surface area contributed by atoms with Crippen LogP contribution in [0.4, 0.5) is 0 Å². The molecule has 5 heteroatoms. The van der Waals surface area contributed by atoms with Gasteiger partial charge in [-0.3, -0.25) is 0 Å². The normalized spacial score (nSPS) is 11.7. The minimum atomic E-state index is -0.719. The highest BCUT2D eigenvalue weighted by molar-refractivity contribution is 6.30. The summed E-state index contributed by atoms with van der Waals surface area (Å²) in [5.41, 5.74) is 1.56. The van der Waals surface area contributed by atoms with Crippen LogP contribution in [0, 0.1) is 11.3 Å². The van der Waals surface area contributed by atoms with Crippen LogP contribution in [0.2, 0.25) is 5.02 Å². The van der Waals surface area contributed by atoms with Gasteiger partial charge in [0.05, 0.1) is 24.8 Å². The highest BCUT2D eigenvalue weighted by Crippen LogP contribution is 2.12. The molecule has 1 unspecified atom stereocenters. The molecule has 0 aliphatic carbocycles. The molecule has 2 aromatic rings. The highest BCUT2D eigenvalue weighted by atomic mass is 35.5. The molecule has 114 valence electrons. The van der Waals surface area contributed by atoms with E-state index in [1.54, 1.807) is 36.4 Å². The van der Waals surface area contributed by atoms with Crippen molar-refractivity contribution >= 4 is 11.6 Å². The fourth-order valence-corrected chi connectivity index (χ4v) is 1.89. The summed E-state index contributed by atoms with van der Waals surface area (Å²) in [4.78, 5) is 0. The Balaban J connectivity index is 1.68. The van der Waals surface area contributed by atoms with Gasteiger partial charge < -0.3 is 14.6 Å². The lowest BCUT2D eigenvalue weighted by atomic mass is 10.2. The van der Waals surface area contributed by atoms with Crippen LogP contribution in [0.1, 0.15) is 11.1 Å². The van der Waals surface area contributed by atoms with Gasteiger partial charge in [0.2, 0.25) is 0 Å². The van der Waals surface area contributed by atoms with Crippen LogP contribution in [-0.4, -0.2) is 24.4 Å². The van der Waals surface area contributed by atoms with Crippen molar-refractivity contribution in [3.8, 4) is 11.8 Å². The molecule has 1 N–H and O–H groups in total. The quantitative estimate of drug-likeness (QED) is 0.852. The fraction of sp³-hybridized carbons (Fsp3) is 0.235. The Morgan fingerprint density at radius 1 is 1.05 bits per heavy atom. The average Bonchev–Trinajstić information content (AvgIpc) is 2.55. The summed E-state index contributed by atoms with van der Waals surface area (Å²) in [5.74, 6) is 0.607. The molecular formula is C17H16ClNO3. The van der Waals surface area contributed by atoms with Crippen LogP contribution in [0.25, 0.3) is 0 Å². The van der Waals surface area contributed by atoms with Crippen molar-refractivity contribution in [2.24, 2.45) is 0 Å². The zero-order valence-electron chi connectivity index (χ0n) is 11.9. The van der Waals surface area contributed by atoms with Gasteiger partial charge in [-0.25, -0.2) is 0 Å². The van der Waals surface area contributed by atoms with Gasteiger partial charge in [0.15, 0.2) is 0 Å². The number of nitrogens with zero attached hydrogens (tertiary/aromatic N) is 1. The molecule has 0 radical (unpaired) electrons. The summed E-state index contributed by atoms with van der Waals surface area (Å²) in [5, 5.41) is 19.2. The highest BCUT2D eigenvalue weighted by Gasteiger charge is 2.06. The van der Waals surface area contributed by atoms with Crippen molar-refractivity contribution < 1.29 is 14.6 Å². The molecule has 4 nitrogen and oxygen atoms in total. The van der Waals surface area contributed by atoms with Crippen molar-refractivity contribution in [2.45, 2.75) is 12.7 Å². The predicted molar refractivity (Wildman–Crippen MR) is 83.8 cm³/mol. The molecule has 0 aliphatic heterocycles. The smallest absolute Gasteiger partial charge is 0.119 e. The van der Waals surface area contributed by atoms with E-state index in [4.69, 9.17) is 26.3 Å². The molecule has 2 aromatic carbocycles. The molecule has 22 heavy (non-hydrogen) atoms. The first kappa shape index (κ1) is 16.3. The lowest BCUT2D eigenvalue weighted by Crippen LogP contribution is -2.23. The van der Waals surface area contributed by atoms with E-state index in [1.807, 2.05) is 18.2 Å². The minimum Gasteiger partial charge on any atom is -0.491 e. The average molecular weight is 318 g/mol. The maximum absolute atomic E-state index is 9.81. The van der Waals surface area contributed by atoms with Gasteiger partial charge >= 0.3 is 0 Å². The van der Waals surface area contributed by atoms with E-state index >= 15 is 0 Å². The maximum atomic E-state index is 9.81. The van der Waals surface area contributed by atoms with Crippen molar-refractivity contribution in [1.82, 2.24) is 0 Å².